The van der Waals surface area contributed by atoms with Gasteiger partial charge in [0.05, 0.1) is 29.5 Å². The highest BCUT2D eigenvalue weighted by atomic mass is 16.2. The van der Waals surface area contributed by atoms with Crippen molar-refractivity contribution in [3.8, 4) is 0 Å². The molecule has 0 saturated carbocycles. The summed E-state index contributed by atoms with van der Waals surface area (Å²) in [5, 5.41) is 5.43. The van der Waals surface area contributed by atoms with Crippen molar-refractivity contribution in [3.63, 3.8) is 0 Å². The first-order valence-corrected chi connectivity index (χ1v) is 8.98. The molecule has 0 saturated heterocycles. The zero-order chi connectivity index (χ0) is 20.1. The Morgan fingerprint density at radius 3 is 2.43 bits per heavy atom. The molecule has 142 valence electrons. The van der Waals surface area contributed by atoms with Gasteiger partial charge in [0.1, 0.15) is 0 Å². The normalized spacial score (nSPS) is 11.0. The van der Waals surface area contributed by atoms with Gasteiger partial charge in [-0.3, -0.25) is 14.6 Å². The number of fused-ring (bicyclic) bond motifs is 1. The minimum absolute atomic E-state index is 0.112. The molecule has 2 N–H and O–H groups in total. The Balaban J connectivity index is 1.56. The number of nitrogens with zero attached hydrogens (tertiary/aromatic N) is 2. The van der Waals surface area contributed by atoms with E-state index in [1.807, 2.05) is 57.2 Å². The Morgan fingerprint density at radius 1 is 1.04 bits per heavy atom. The second kappa shape index (κ2) is 8.43. The molecule has 0 bridgehead atoms. The van der Waals surface area contributed by atoms with Crippen molar-refractivity contribution in [3.05, 3.63) is 71.1 Å². The van der Waals surface area contributed by atoms with Crippen LogP contribution in [0.3, 0.4) is 0 Å². The molecule has 0 aliphatic carbocycles. The third-order valence-corrected chi connectivity index (χ3v) is 4.24. The topological polar surface area (TPSA) is 84.0 Å². The van der Waals surface area contributed by atoms with E-state index in [1.54, 1.807) is 12.3 Å². The van der Waals surface area contributed by atoms with Gasteiger partial charge in [-0.2, -0.15) is 0 Å². The van der Waals surface area contributed by atoms with E-state index < -0.39 is 0 Å². The Morgan fingerprint density at radius 2 is 1.71 bits per heavy atom. The Hall–Kier alpha value is -3.54. The number of benzene rings is 2. The summed E-state index contributed by atoms with van der Waals surface area (Å²) in [7, 11) is 0. The van der Waals surface area contributed by atoms with Crippen LogP contribution in [0.15, 0.2) is 48.7 Å². The average Bonchev–Trinajstić information content (AvgIpc) is 2.67. The van der Waals surface area contributed by atoms with Gasteiger partial charge in [-0.25, -0.2) is 4.98 Å². The summed E-state index contributed by atoms with van der Waals surface area (Å²) >= 11 is 0. The van der Waals surface area contributed by atoms with E-state index in [0.29, 0.717) is 5.69 Å². The standard InChI is InChI=1S/C22H22N4O2/c1-14-10-15(2)22(16(3)11-14)26-21(28)13-24-20(27)9-8-17-12-23-18-6-4-5-7-19(18)25-17/h4-12H,13H2,1-3H3,(H,24,27)(H,26,28)/b9-8+. The smallest absolute Gasteiger partial charge is 0.244 e. The molecule has 1 heterocycles. The van der Waals surface area contributed by atoms with Crippen molar-refractivity contribution in [2.75, 3.05) is 11.9 Å². The lowest BCUT2D eigenvalue weighted by Gasteiger charge is -2.13. The van der Waals surface area contributed by atoms with Gasteiger partial charge in [-0.15, -0.1) is 0 Å². The van der Waals surface area contributed by atoms with E-state index in [-0.39, 0.29) is 18.4 Å². The summed E-state index contributed by atoms with van der Waals surface area (Å²) in [6.07, 6.45) is 4.51. The molecule has 6 heteroatoms. The van der Waals surface area contributed by atoms with Crippen LogP contribution in [-0.4, -0.2) is 28.3 Å². The maximum atomic E-state index is 12.2. The van der Waals surface area contributed by atoms with Crippen LogP contribution in [0.5, 0.6) is 0 Å². The van der Waals surface area contributed by atoms with Crippen LogP contribution in [-0.2, 0) is 9.59 Å². The lowest BCUT2D eigenvalue weighted by molar-refractivity contribution is -0.121. The van der Waals surface area contributed by atoms with Crippen LogP contribution in [0.25, 0.3) is 17.1 Å². The van der Waals surface area contributed by atoms with E-state index in [9.17, 15) is 9.59 Å². The highest BCUT2D eigenvalue weighted by molar-refractivity contribution is 5.98. The number of hydrogen-bond donors (Lipinski definition) is 2. The van der Waals surface area contributed by atoms with Gasteiger partial charge in [0.15, 0.2) is 0 Å². The van der Waals surface area contributed by atoms with Crippen molar-refractivity contribution in [2.45, 2.75) is 20.8 Å². The van der Waals surface area contributed by atoms with Crippen molar-refractivity contribution >= 4 is 34.6 Å². The first kappa shape index (κ1) is 19.2. The summed E-state index contributed by atoms with van der Waals surface area (Å²) in [4.78, 5) is 32.9. The quantitative estimate of drug-likeness (QED) is 0.671. The largest absolute Gasteiger partial charge is 0.343 e. The second-order valence-corrected chi connectivity index (χ2v) is 6.66. The SMILES string of the molecule is Cc1cc(C)c(NC(=O)CNC(=O)/C=C/c2cnc3ccccc3n2)c(C)c1. The van der Waals surface area contributed by atoms with E-state index >= 15 is 0 Å². The molecule has 2 aromatic carbocycles. The van der Waals surface area contributed by atoms with Crippen LogP contribution >= 0.6 is 0 Å². The maximum absolute atomic E-state index is 12.2. The molecule has 0 unspecified atom stereocenters. The highest BCUT2D eigenvalue weighted by Crippen LogP contribution is 2.21. The van der Waals surface area contributed by atoms with Gasteiger partial charge < -0.3 is 10.6 Å². The fraction of sp³-hybridized carbons (Fsp3) is 0.182. The molecule has 28 heavy (non-hydrogen) atoms. The summed E-state index contributed by atoms with van der Waals surface area (Å²) < 4.78 is 0. The zero-order valence-corrected chi connectivity index (χ0v) is 16.1. The van der Waals surface area contributed by atoms with Gasteiger partial charge in [-0.05, 0) is 50.1 Å². The molecular weight excluding hydrogens is 352 g/mol. The fourth-order valence-electron chi connectivity index (χ4n) is 3.00. The number of carbonyl (C=O) groups excluding carboxylic acids is 2. The number of para-hydroxylation sites is 2. The van der Waals surface area contributed by atoms with E-state index in [0.717, 1.165) is 33.4 Å². The van der Waals surface area contributed by atoms with Crippen molar-refractivity contribution in [2.24, 2.45) is 0 Å². The molecule has 0 radical (unpaired) electrons. The van der Waals surface area contributed by atoms with Gasteiger partial charge in [0.2, 0.25) is 11.8 Å². The van der Waals surface area contributed by atoms with Crippen LogP contribution in [0.4, 0.5) is 5.69 Å². The second-order valence-electron chi connectivity index (χ2n) is 6.66. The van der Waals surface area contributed by atoms with Crippen LogP contribution in [0.2, 0.25) is 0 Å². The van der Waals surface area contributed by atoms with Crippen molar-refractivity contribution in [1.82, 2.24) is 15.3 Å². The molecule has 2 amide bonds. The molecule has 6 nitrogen and oxygen atoms in total. The van der Waals surface area contributed by atoms with E-state index in [2.05, 4.69) is 20.6 Å². The van der Waals surface area contributed by atoms with Gasteiger partial charge in [0, 0.05) is 11.8 Å². The average molecular weight is 374 g/mol. The first-order chi connectivity index (χ1) is 13.4. The first-order valence-electron chi connectivity index (χ1n) is 8.98. The van der Waals surface area contributed by atoms with E-state index in [4.69, 9.17) is 0 Å². The molecule has 3 rings (SSSR count). The lowest BCUT2D eigenvalue weighted by atomic mass is 10.1. The van der Waals surface area contributed by atoms with Crippen molar-refractivity contribution in [1.29, 1.82) is 0 Å². The summed E-state index contributed by atoms with van der Waals surface area (Å²) in [5.74, 6) is -0.648. The number of rotatable bonds is 5. The summed E-state index contributed by atoms with van der Waals surface area (Å²) in [6.45, 7) is 5.79. The number of aryl methyl sites for hydroxylation is 3. The lowest BCUT2D eigenvalue weighted by Crippen LogP contribution is -2.32. The Kier molecular flexibility index (Phi) is 5.79. The number of carbonyl (C=O) groups is 2. The molecule has 1 aromatic heterocycles. The summed E-state index contributed by atoms with van der Waals surface area (Å²) in [6, 6.07) is 11.5. The fourth-order valence-corrected chi connectivity index (χ4v) is 3.00. The third-order valence-electron chi connectivity index (χ3n) is 4.24. The molecule has 3 aromatic rings. The van der Waals surface area contributed by atoms with Gasteiger partial charge >= 0.3 is 0 Å². The third kappa shape index (κ3) is 4.79. The van der Waals surface area contributed by atoms with Gasteiger partial charge in [-0.1, -0.05) is 29.8 Å². The predicted molar refractivity (Wildman–Crippen MR) is 111 cm³/mol. The Bertz CT molecular complexity index is 1050. The molecule has 0 spiro atoms. The number of amides is 2. The number of nitrogens with one attached hydrogen (secondary N) is 2. The predicted octanol–water partition coefficient (Wildman–Crippen LogP) is 3.32. The zero-order valence-electron chi connectivity index (χ0n) is 16.1. The number of aromatic nitrogens is 2. The minimum atomic E-state index is -0.373. The van der Waals surface area contributed by atoms with Gasteiger partial charge in [0.25, 0.3) is 0 Å². The molecular formula is C22H22N4O2. The number of hydrogen-bond acceptors (Lipinski definition) is 4. The summed E-state index contributed by atoms with van der Waals surface area (Å²) in [5.41, 5.74) is 6.04. The molecule has 0 aliphatic heterocycles. The van der Waals surface area contributed by atoms with Crippen LogP contribution in [0, 0.1) is 20.8 Å². The Labute approximate surface area is 163 Å². The molecule has 0 aliphatic rings. The van der Waals surface area contributed by atoms with E-state index in [1.165, 1.54) is 6.08 Å². The highest BCUT2D eigenvalue weighted by Gasteiger charge is 2.09. The van der Waals surface area contributed by atoms with Crippen LogP contribution < -0.4 is 10.6 Å². The maximum Gasteiger partial charge on any atom is 0.244 e. The van der Waals surface area contributed by atoms with Crippen molar-refractivity contribution < 1.29 is 9.59 Å². The monoisotopic (exact) mass is 374 g/mol. The van der Waals surface area contributed by atoms with Crippen LogP contribution in [0.1, 0.15) is 22.4 Å². The minimum Gasteiger partial charge on any atom is -0.343 e. The number of anilines is 1. The molecule has 0 atom stereocenters. The molecule has 0 fully saturated rings.